The molecule has 4 aromatic rings. The van der Waals surface area contributed by atoms with E-state index >= 15 is 0 Å². The standard InChI is InChI=1S/C23H20N4/c1-23(2,3)21-19-18(15-10-6-4-7-11-15)17(14-24)20(25-22(19)27-26-21)16-12-8-5-9-13-16/h4-13H,1-3H3,(H,25,26,27). The summed E-state index contributed by atoms with van der Waals surface area (Å²) in [4.78, 5) is 4.77. The Morgan fingerprint density at radius 1 is 0.889 bits per heavy atom. The summed E-state index contributed by atoms with van der Waals surface area (Å²) in [5.41, 5.74) is 5.50. The van der Waals surface area contributed by atoms with Crippen molar-refractivity contribution in [1.82, 2.24) is 15.2 Å². The number of H-pyrrole nitrogens is 1. The third kappa shape index (κ3) is 2.88. The summed E-state index contributed by atoms with van der Waals surface area (Å²) in [7, 11) is 0. The summed E-state index contributed by atoms with van der Waals surface area (Å²) >= 11 is 0. The molecule has 0 aliphatic rings. The summed E-state index contributed by atoms with van der Waals surface area (Å²) in [5, 5.41) is 18.7. The number of fused-ring (bicyclic) bond motifs is 1. The maximum absolute atomic E-state index is 10.1. The third-order valence-electron chi connectivity index (χ3n) is 4.67. The third-order valence-corrected chi connectivity index (χ3v) is 4.67. The fourth-order valence-electron chi connectivity index (χ4n) is 3.41. The second kappa shape index (κ2) is 6.37. The topological polar surface area (TPSA) is 65.4 Å². The van der Waals surface area contributed by atoms with Crippen molar-refractivity contribution >= 4 is 11.0 Å². The SMILES string of the molecule is CC(C)(C)c1[nH]nc2nc(-c3ccccc3)c(C#N)c(-c3ccccc3)c12. The van der Waals surface area contributed by atoms with Gasteiger partial charge in [0.1, 0.15) is 6.07 Å². The van der Waals surface area contributed by atoms with Crippen LogP contribution in [0.5, 0.6) is 0 Å². The van der Waals surface area contributed by atoms with Crippen molar-refractivity contribution in [3.05, 3.63) is 71.9 Å². The van der Waals surface area contributed by atoms with Gasteiger partial charge in [0.05, 0.1) is 22.3 Å². The van der Waals surface area contributed by atoms with Crippen molar-refractivity contribution < 1.29 is 0 Å². The van der Waals surface area contributed by atoms with Crippen molar-refractivity contribution in [3.8, 4) is 28.5 Å². The van der Waals surface area contributed by atoms with Crippen LogP contribution < -0.4 is 0 Å². The Morgan fingerprint density at radius 2 is 1.48 bits per heavy atom. The highest BCUT2D eigenvalue weighted by molar-refractivity contribution is 6.01. The number of hydrogen-bond acceptors (Lipinski definition) is 3. The van der Waals surface area contributed by atoms with Crippen molar-refractivity contribution in [3.63, 3.8) is 0 Å². The number of aromatic nitrogens is 3. The van der Waals surface area contributed by atoms with Crippen molar-refractivity contribution in [1.29, 1.82) is 5.26 Å². The van der Waals surface area contributed by atoms with E-state index in [2.05, 4.69) is 37.0 Å². The summed E-state index contributed by atoms with van der Waals surface area (Å²) in [6.07, 6.45) is 0. The molecule has 0 atom stereocenters. The summed E-state index contributed by atoms with van der Waals surface area (Å²) in [6, 6.07) is 22.2. The lowest BCUT2D eigenvalue weighted by Crippen LogP contribution is -2.12. The van der Waals surface area contributed by atoms with E-state index in [-0.39, 0.29) is 5.41 Å². The highest BCUT2D eigenvalue weighted by atomic mass is 15.2. The minimum absolute atomic E-state index is 0.152. The van der Waals surface area contributed by atoms with Crippen LogP contribution in [0.25, 0.3) is 33.4 Å². The predicted molar refractivity (Wildman–Crippen MR) is 108 cm³/mol. The maximum atomic E-state index is 10.1. The molecule has 0 spiro atoms. The first-order valence-corrected chi connectivity index (χ1v) is 8.94. The molecule has 27 heavy (non-hydrogen) atoms. The van der Waals surface area contributed by atoms with E-state index < -0.39 is 0 Å². The van der Waals surface area contributed by atoms with Crippen molar-refractivity contribution in [2.45, 2.75) is 26.2 Å². The van der Waals surface area contributed by atoms with Gasteiger partial charge in [-0.25, -0.2) is 4.98 Å². The predicted octanol–water partition coefficient (Wildman–Crippen LogP) is 5.46. The zero-order valence-electron chi connectivity index (χ0n) is 15.6. The Morgan fingerprint density at radius 3 is 2.04 bits per heavy atom. The van der Waals surface area contributed by atoms with Crippen LogP contribution in [0.1, 0.15) is 32.0 Å². The van der Waals surface area contributed by atoms with Gasteiger partial charge in [-0.2, -0.15) is 10.4 Å². The fraction of sp³-hybridized carbons (Fsp3) is 0.174. The van der Waals surface area contributed by atoms with E-state index in [1.807, 2.05) is 60.7 Å². The molecule has 1 N–H and O–H groups in total. The monoisotopic (exact) mass is 352 g/mol. The second-order valence-corrected chi connectivity index (χ2v) is 7.60. The molecule has 0 fully saturated rings. The highest BCUT2D eigenvalue weighted by Gasteiger charge is 2.27. The number of nitrogens with zero attached hydrogens (tertiary/aromatic N) is 3. The lowest BCUT2D eigenvalue weighted by atomic mass is 9.86. The van der Waals surface area contributed by atoms with E-state index in [1.165, 1.54) is 0 Å². The van der Waals surface area contributed by atoms with Crippen LogP contribution in [0.3, 0.4) is 0 Å². The van der Waals surface area contributed by atoms with Gasteiger partial charge in [-0.3, -0.25) is 5.10 Å². The van der Waals surface area contributed by atoms with E-state index in [0.717, 1.165) is 27.8 Å². The number of aromatic amines is 1. The van der Waals surface area contributed by atoms with Gasteiger partial charge in [-0.15, -0.1) is 0 Å². The summed E-state index contributed by atoms with van der Waals surface area (Å²) in [6.45, 7) is 6.39. The van der Waals surface area contributed by atoms with Gasteiger partial charge in [0.2, 0.25) is 0 Å². The van der Waals surface area contributed by atoms with E-state index in [9.17, 15) is 5.26 Å². The molecule has 2 aromatic carbocycles. The van der Waals surface area contributed by atoms with Crippen LogP contribution in [0.15, 0.2) is 60.7 Å². The average molecular weight is 352 g/mol. The molecule has 2 aromatic heterocycles. The normalized spacial score (nSPS) is 11.5. The first kappa shape index (κ1) is 17.0. The lowest BCUT2D eigenvalue weighted by Gasteiger charge is -2.19. The molecule has 0 radical (unpaired) electrons. The molecular weight excluding hydrogens is 332 g/mol. The largest absolute Gasteiger partial charge is 0.279 e. The number of hydrogen-bond donors (Lipinski definition) is 1. The number of nitrogens with one attached hydrogen (secondary N) is 1. The van der Waals surface area contributed by atoms with Gasteiger partial charge in [-0.1, -0.05) is 81.4 Å². The molecule has 4 rings (SSSR count). The first-order valence-electron chi connectivity index (χ1n) is 8.94. The van der Waals surface area contributed by atoms with Gasteiger partial charge in [0.15, 0.2) is 5.65 Å². The second-order valence-electron chi connectivity index (χ2n) is 7.60. The lowest BCUT2D eigenvalue weighted by molar-refractivity contribution is 0.571. The fourth-order valence-corrected chi connectivity index (χ4v) is 3.41. The van der Waals surface area contributed by atoms with Gasteiger partial charge >= 0.3 is 0 Å². The molecule has 0 saturated heterocycles. The Kier molecular flexibility index (Phi) is 4.01. The maximum Gasteiger partial charge on any atom is 0.182 e. The zero-order chi connectivity index (χ0) is 19.0. The number of rotatable bonds is 2. The molecule has 0 saturated carbocycles. The van der Waals surface area contributed by atoms with Gasteiger partial charge in [0.25, 0.3) is 0 Å². The quantitative estimate of drug-likeness (QED) is 0.521. The van der Waals surface area contributed by atoms with Gasteiger partial charge in [0, 0.05) is 16.5 Å². The molecule has 4 heteroatoms. The number of benzene rings is 2. The van der Waals surface area contributed by atoms with Crippen LogP contribution in [-0.2, 0) is 5.41 Å². The van der Waals surface area contributed by atoms with Gasteiger partial charge in [-0.05, 0) is 5.56 Å². The van der Waals surface area contributed by atoms with Crippen molar-refractivity contribution in [2.24, 2.45) is 0 Å². The molecule has 132 valence electrons. The minimum atomic E-state index is -0.152. The zero-order valence-corrected chi connectivity index (χ0v) is 15.6. The van der Waals surface area contributed by atoms with Gasteiger partial charge < -0.3 is 0 Å². The average Bonchev–Trinajstić information content (AvgIpc) is 3.12. The Bertz CT molecular complexity index is 1140. The molecule has 0 unspecified atom stereocenters. The van der Waals surface area contributed by atoms with Crippen LogP contribution in [-0.4, -0.2) is 15.2 Å². The molecule has 0 aliphatic heterocycles. The minimum Gasteiger partial charge on any atom is -0.279 e. The summed E-state index contributed by atoms with van der Waals surface area (Å²) in [5.74, 6) is 0. The molecule has 2 heterocycles. The van der Waals surface area contributed by atoms with E-state index in [1.54, 1.807) is 0 Å². The Hall–Kier alpha value is -3.45. The molecule has 0 aliphatic carbocycles. The van der Waals surface area contributed by atoms with Crippen molar-refractivity contribution in [2.75, 3.05) is 0 Å². The molecule has 0 amide bonds. The highest BCUT2D eigenvalue weighted by Crippen LogP contribution is 2.40. The van der Waals surface area contributed by atoms with E-state index in [0.29, 0.717) is 16.9 Å². The van der Waals surface area contributed by atoms with Crippen LogP contribution in [0.2, 0.25) is 0 Å². The Labute approximate surface area is 158 Å². The molecular formula is C23H20N4. The number of pyridine rings is 1. The summed E-state index contributed by atoms with van der Waals surface area (Å²) < 4.78 is 0. The first-order chi connectivity index (χ1) is 13.0. The van der Waals surface area contributed by atoms with Crippen LogP contribution >= 0.6 is 0 Å². The van der Waals surface area contributed by atoms with E-state index in [4.69, 9.17) is 4.98 Å². The molecule has 4 nitrogen and oxygen atoms in total. The smallest absolute Gasteiger partial charge is 0.182 e. The number of nitriles is 1. The van der Waals surface area contributed by atoms with Crippen LogP contribution in [0.4, 0.5) is 0 Å². The Balaban J connectivity index is 2.18. The van der Waals surface area contributed by atoms with Crippen LogP contribution in [0, 0.1) is 11.3 Å². The molecule has 0 bridgehead atoms.